The van der Waals surface area contributed by atoms with E-state index in [2.05, 4.69) is 11.4 Å². The number of nitrogens with zero attached hydrogens (tertiary/aromatic N) is 2. The van der Waals surface area contributed by atoms with E-state index < -0.39 is 5.54 Å². The molecule has 0 aromatic rings. The summed E-state index contributed by atoms with van der Waals surface area (Å²) in [4.78, 5) is 11.1. The quantitative estimate of drug-likeness (QED) is 0.674. The second-order valence-corrected chi connectivity index (χ2v) is 3.96. The van der Waals surface area contributed by atoms with Crippen LogP contribution in [0.25, 0.3) is 0 Å². The first kappa shape index (κ1) is 9.54. The lowest BCUT2D eigenvalue weighted by Gasteiger charge is -2.12. The minimum Gasteiger partial charge on any atom is -0.336 e. The summed E-state index contributed by atoms with van der Waals surface area (Å²) in [6.45, 7) is 3.84. The van der Waals surface area contributed by atoms with Crippen LogP contribution in [-0.4, -0.2) is 11.4 Å². The molecule has 1 atom stereocenters. The molecule has 0 aromatic heterocycles. The molecular formula is C9H11N3O. The van der Waals surface area contributed by atoms with E-state index in [4.69, 9.17) is 10.5 Å². The maximum absolute atomic E-state index is 11.1. The van der Waals surface area contributed by atoms with Crippen LogP contribution >= 0.6 is 0 Å². The first-order chi connectivity index (χ1) is 5.97. The molecular weight excluding hydrogens is 166 g/mol. The highest BCUT2D eigenvalue weighted by Crippen LogP contribution is 2.55. The largest absolute Gasteiger partial charge is 0.336 e. The molecule has 4 heteroatoms. The number of rotatable bonds is 2. The van der Waals surface area contributed by atoms with Crippen LogP contribution in [0.3, 0.4) is 0 Å². The third kappa shape index (κ3) is 1.48. The summed E-state index contributed by atoms with van der Waals surface area (Å²) in [5, 5.41) is 19.7. The van der Waals surface area contributed by atoms with Crippen LogP contribution in [0.15, 0.2) is 0 Å². The second-order valence-electron chi connectivity index (χ2n) is 3.96. The van der Waals surface area contributed by atoms with E-state index in [-0.39, 0.29) is 17.7 Å². The zero-order valence-electron chi connectivity index (χ0n) is 7.72. The van der Waals surface area contributed by atoms with E-state index in [9.17, 15) is 4.79 Å². The van der Waals surface area contributed by atoms with Crippen molar-refractivity contribution in [3.8, 4) is 12.1 Å². The van der Waals surface area contributed by atoms with E-state index in [1.54, 1.807) is 6.07 Å². The Morgan fingerprint density at radius 1 is 1.54 bits per heavy atom. The molecule has 0 radical (unpaired) electrons. The molecule has 1 aliphatic rings. The van der Waals surface area contributed by atoms with Crippen LogP contribution in [0.4, 0.5) is 0 Å². The average Bonchev–Trinajstić information content (AvgIpc) is 2.54. The van der Waals surface area contributed by atoms with Crippen molar-refractivity contribution in [2.24, 2.45) is 5.41 Å². The summed E-state index contributed by atoms with van der Waals surface area (Å²) in [6.07, 6.45) is 0.479. The van der Waals surface area contributed by atoms with Crippen LogP contribution in [-0.2, 0) is 4.79 Å². The minimum absolute atomic E-state index is 0.160. The topological polar surface area (TPSA) is 76.7 Å². The Balaban J connectivity index is 2.61. The van der Waals surface area contributed by atoms with Gasteiger partial charge in [0.25, 0.3) is 0 Å². The van der Waals surface area contributed by atoms with Crippen molar-refractivity contribution >= 4 is 5.91 Å². The number of nitriles is 2. The van der Waals surface area contributed by atoms with Gasteiger partial charge in [-0.2, -0.15) is 10.5 Å². The SMILES string of the molecule is CC1(C)CC1(C#N)NC(=O)CC#N. The van der Waals surface area contributed by atoms with E-state index in [0.717, 1.165) is 0 Å². The van der Waals surface area contributed by atoms with Gasteiger partial charge in [-0.05, 0) is 6.42 Å². The fourth-order valence-electron chi connectivity index (χ4n) is 1.40. The van der Waals surface area contributed by atoms with Crippen molar-refractivity contribution in [3.05, 3.63) is 0 Å². The molecule has 1 N–H and O–H groups in total. The summed E-state index contributed by atoms with van der Waals surface area (Å²) in [5.41, 5.74) is -0.895. The molecule has 0 saturated heterocycles. The minimum atomic E-state index is -0.735. The molecule has 0 aliphatic heterocycles. The highest BCUT2D eigenvalue weighted by atomic mass is 16.1. The van der Waals surface area contributed by atoms with Crippen LogP contribution < -0.4 is 5.32 Å². The Hall–Kier alpha value is -1.55. The van der Waals surface area contributed by atoms with Gasteiger partial charge in [0.15, 0.2) is 0 Å². The molecule has 0 spiro atoms. The van der Waals surface area contributed by atoms with Gasteiger partial charge in [-0.15, -0.1) is 0 Å². The highest BCUT2D eigenvalue weighted by molar-refractivity contribution is 5.80. The van der Waals surface area contributed by atoms with Gasteiger partial charge in [-0.1, -0.05) is 13.8 Å². The Kier molecular flexibility index (Phi) is 2.01. The Morgan fingerprint density at radius 3 is 2.38 bits per heavy atom. The fourth-order valence-corrected chi connectivity index (χ4v) is 1.40. The van der Waals surface area contributed by atoms with Crippen molar-refractivity contribution in [2.75, 3.05) is 0 Å². The lowest BCUT2D eigenvalue weighted by molar-refractivity contribution is -0.120. The molecule has 1 aliphatic carbocycles. The molecule has 1 saturated carbocycles. The van der Waals surface area contributed by atoms with Gasteiger partial charge >= 0.3 is 0 Å². The van der Waals surface area contributed by atoms with Gasteiger partial charge in [0.1, 0.15) is 12.0 Å². The molecule has 68 valence electrons. The van der Waals surface area contributed by atoms with E-state index in [1.807, 2.05) is 13.8 Å². The summed E-state index contributed by atoms with van der Waals surface area (Å²) >= 11 is 0. The molecule has 4 nitrogen and oxygen atoms in total. The summed E-state index contributed by atoms with van der Waals surface area (Å²) < 4.78 is 0. The normalized spacial score (nSPS) is 28.3. The van der Waals surface area contributed by atoms with Gasteiger partial charge in [-0.3, -0.25) is 4.79 Å². The van der Waals surface area contributed by atoms with Crippen LogP contribution in [0.2, 0.25) is 0 Å². The zero-order valence-corrected chi connectivity index (χ0v) is 7.72. The monoisotopic (exact) mass is 177 g/mol. The number of hydrogen-bond donors (Lipinski definition) is 1. The number of carbonyl (C=O) groups is 1. The molecule has 0 aromatic carbocycles. The fraction of sp³-hybridized carbons (Fsp3) is 0.667. The standard InChI is InChI=1S/C9H11N3O/c1-8(2)5-9(8,6-11)12-7(13)3-4-10/h3,5H2,1-2H3,(H,12,13). The Bertz CT molecular complexity index is 321. The van der Waals surface area contributed by atoms with Gasteiger partial charge in [-0.25, -0.2) is 0 Å². The molecule has 0 heterocycles. The first-order valence-electron chi connectivity index (χ1n) is 4.07. The molecule has 13 heavy (non-hydrogen) atoms. The number of nitrogens with one attached hydrogen (secondary N) is 1. The van der Waals surface area contributed by atoms with Crippen molar-refractivity contribution < 1.29 is 4.79 Å². The number of hydrogen-bond acceptors (Lipinski definition) is 3. The Morgan fingerprint density at radius 2 is 2.08 bits per heavy atom. The Labute approximate surface area is 77.1 Å². The van der Waals surface area contributed by atoms with E-state index in [0.29, 0.717) is 6.42 Å². The molecule has 1 fully saturated rings. The van der Waals surface area contributed by atoms with E-state index in [1.165, 1.54) is 0 Å². The second kappa shape index (κ2) is 2.74. The molecule has 1 rings (SSSR count). The van der Waals surface area contributed by atoms with Gasteiger partial charge in [0.05, 0.1) is 12.1 Å². The molecule has 0 bridgehead atoms. The molecule has 1 unspecified atom stereocenters. The van der Waals surface area contributed by atoms with Gasteiger partial charge in [0.2, 0.25) is 5.91 Å². The first-order valence-corrected chi connectivity index (χ1v) is 4.07. The van der Waals surface area contributed by atoms with Crippen molar-refractivity contribution in [2.45, 2.75) is 32.2 Å². The van der Waals surface area contributed by atoms with Crippen molar-refractivity contribution in [3.63, 3.8) is 0 Å². The van der Waals surface area contributed by atoms with Crippen LogP contribution in [0.1, 0.15) is 26.7 Å². The predicted octanol–water partition coefficient (Wildman–Crippen LogP) is 0.709. The maximum atomic E-state index is 11.1. The lowest BCUT2D eigenvalue weighted by Crippen LogP contribution is -2.39. The third-order valence-corrected chi connectivity index (χ3v) is 2.52. The summed E-state index contributed by atoms with van der Waals surface area (Å²) in [5.74, 6) is -0.366. The van der Waals surface area contributed by atoms with Crippen molar-refractivity contribution in [1.29, 1.82) is 10.5 Å². The van der Waals surface area contributed by atoms with Crippen LogP contribution in [0.5, 0.6) is 0 Å². The lowest BCUT2D eigenvalue weighted by atomic mass is 10.1. The van der Waals surface area contributed by atoms with Gasteiger partial charge in [0, 0.05) is 5.41 Å². The zero-order chi connectivity index (χ0) is 10.1. The van der Waals surface area contributed by atoms with E-state index >= 15 is 0 Å². The number of carbonyl (C=O) groups excluding carboxylic acids is 1. The highest BCUT2D eigenvalue weighted by Gasteiger charge is 2.63. The summed E-state index contributed by atoms with van der Waals surface area (Å²) in [7, 11) is 0. The average molecular weight is 177 g/mol. The van der Waals surface area contributed by atoms with Crippen LogP contribution in [0, 0.1) is 28.1 Å². The predicted molar refractivity (Wildman–Crippen MR) is 45.1 cm³/mol. The third-order valence-electron chi connectivity index (χ3n) is 2.52. The smallest absolute Gasteiger partial charge is 0.235 e. The van der Waals surface area contributed by atoms with Gasteiger partial charge < -0.3 is 5.32 Å². The summed E-state index contributed by atoms with van der Waals surface area (Å²) in [6, 6.07) is 3.84. The molecule has 1 amide bonds. The maximum Gasteiger partial charge on any atom is 0.235 e. The number of amides is 1. The van der Waals surface area contributed by atoms with Crippen molar-refractivity contribution in [1.82, 2.24) is 5.32 Å².